The van der Waals surface area contributed by atoms with E-state index in [-0.39, 0.29) is 23.2 Å². The summed E-state index contributed by atoms with van der Waals surface area (Å²) in [5.41, 5.74) is 5.08. The molecule has 9 nitrogen and oxygen atoms in total. The van der Waals surface area contributed by atoms with E-state index >= 15 is 0 Å². The lowest BCUT2D eigenvalue weighted by Gasteiger charge is -2.38. The number of rotatable bonds is 16. The summed E-state index contributed by atoms with van der Waals surface area (Å²) < 4.78 is 16.5. The Balaban J connectivity index is 0.000000353. The predicted molar refractivity (Wildman–Crippen MR) is 240 cm³/mol. The quantitative estimate of drug-likeness (QED) is 0.0704. The zero-order valence-corrected chi connectivity index (χ0v) is 38.7. The van der Waals surface area contributed by atoms with Crippen molar-refractivity contribution in [2.24, 2.45) is 17.8 Å². The molecule has 3 aromatic carbocycles. The molecule has 0 unspecified atom stereocenters. The molecule has 0 saturated carbocycles. The zero-order valence-electron chi connectivity index (χ0n) is 38.7. The summed E-state index contributed by atoms with van der Waals surface area (Å²) >= 11 is 0. The number of fused-ring (bicyclic) bond motifs is 1. The molecule has 0 amide bonds. The first kappa shape index (κ1) is 50.9. The molecule has 0 bridgehead atoms. The van der Waals surface area contributed by atoms with Crippen LogP contribution < -0.4 is 9.47 Å². The van der Waals surface area contributed by atoms with Gasteiger partial charge in [0.05, 0.1) is 19.3 Å². The smallest absolute Gasteiger partial charge is 0.338 e. The van der Waals surface area contributed by atoms with Gasteiger partial charge in [0.15, 0.2) is 17.2 Å². The first-order valence-corrected chi connectivity index (χ1v) is 21.8. The summed E-state index contributed by atoms with van der Waals surface area (Å²) in [6.07, 6.45) is 14.7. The van der Waals surface area contributed by atoms with Crippen LogP contribution in [0.4, 0.5) is 0 Å². The molecule has 0 fully saturated rings. The topological polar surface area (TPSA) is 146 Å². The second kappa shape index (κ2) is 23.5. The third-order valence-corrected chi connectivity index (χ3v) is 11.6. The van der Waals surface area contributed by atoms with Gasteiger partial charge in [0, 0.05) is 11.1 Å². The number of aromatic hydroxyl groups is 5. The first-order valence-electron chi connectivity index (χ1n) is 21.8. The fourth-order valence-corrected chi connectivity index (χ4v) is 7.52. The van der Waals surface area contributed by atoms with Gasteiger partial charge in [0.2, 0.25) is 0 Å². The second-order valence-corrected chi connectivity index (χ2v) is 18.6. The standard InChI is InChI=1S/C29H50O2.C11H16O2.C10H12O5/c1-20(2)12-9-13-21(3)14-10-15-22(4)16-11-18-29(8)19-17-26-25(7)27(30)23(5)24(6)28(26)31-29;1-11(2,3)9-7-8(13-4)5-6-10(9)12;1-2-3-15-10(14)6-4-7(11)9(13)8(12)5-6/h20-22,30H,9-19H2,1-8H3;5-7,12H,1-4H3;4-5,11-13H,2-3H2,1H3/t21-,22-,29-;;/m1../s1. The number of phenols is 5. The van der Waals surface area contributed by atoms with E-state index < -0.39 is 23.2 Å². The second-order valence-electron chi connectivity index (χ2n) is 18.6. The van der Waals surface area contributed by atoms with Crippen molar-refractivity contribution in [1.82, 2.24) is 0 Å². The fourth-order valence-electron chi connectivity index (χ4n) is 7.52. The maximum absolute atomic E-state index is 11.3. The molecule has 0 aromatic heterocycles. The molecule has 4 rings (SSSR count). The van der Waals surface area contributed by atoms with Crippen molar-refractivity contribution in [1.29, 1.82) is 0 Å². The Bertz CT molecular complexity index is 1750. The molecule has 0 radical (unpaired) electrons. The van der Waals surface area contributed by atoms with E-state index in [0.717, 1.165) is 82.9 Å². The van der Waals surface area contributed by atoms with Crippen LogP contribution in [-0.2, 0) is 16.6 Å². The van der Waals surface area contributed by atoms with E-state index in [1.54, 1.807) is 19.2 Å². The first-order chi connectivity index (χ1) is 27.5. The van der Waals surface area contributed by atoms with Crippen molar-refractivity contribution >= 4 is 5.97 Å². The highest BCUT2D eigenvalue weighted by Gasteiger charge is 2.34. The summed E-state index contributed by atoms with van der Waals surface area (Å²) in [7, 11) is 1.62. The molecule has 0 spiro atoms. The third kappa shape index (κ3) is 16.0. The number of ether oxygens (including phenoxy) is 3. The normalized spacial score (nSPS) is 15.8. The summed E-state index contributed by atoms with van der Waals surface area (Å²) in [6, 6.07) is 7.36. The largest absolute Gasteiger partial charge is 0.508 e. The number of methoxy groups -OCH3 is 1. The number of carbonyl (C=O) groups is 1. The highest BCUT2D eigenvalue weighted by molar-refractivity contribution is 5.91. The number of hydrogen-bond donors (Lipinski definition) is 5. The van der Waals surface area contributed by atoms with Gasteiger partial charge >= 0.3 is 5.97 Å². The van der Waals surface area contributed by atoms with Crippen LogP contribution in [0.1, 0.15) is 171 Å². The third-order valence-electron chi connectivity index (χ3n) is 11.6. The van der Waals surface area contributed by atoms with E-state index in [4.69, 9.17) is 29.5 Å². The minimum Gasteiger partial charge on any atom is -0.508 e. The lowest BCUT2D eigenvalue weighted by Crippen LogP contribution is -2.37. The van der Waals surface area contributed by atoms with Crippen LogP contribution in [0.15, 0.2) is 30.3 Å². The van der Waals surface area contributed by atoms with Crippen molar-refractivity contribution in [3.05, 3.63) is 63.7 Å². The van der Waals surface area contributed by atoms with Crippen LogP contribution in [0.3, 0.4) is 0 Å². The van der Waals surface area contributed by atoms with Gasteiger partial charge in [-0.25, -0.2) is 4.79 Å². The monoisotopic (exact) mass is 823 g/mol. The highest BCUT2D eigenvalue weighted by atomic mass is 16.5. The van der Waals surface area contributed by atoms with Crippen molar-refractivity contribution in [2.45, 2.75) is 171 Å². The Morgan fingerprint density at radius 1 is 0.780 bits per heavy atom. The van der Waals surface area contributed by atoms with Crippen LogP contribution in [0.5, 0.6) is 40.2 Å². The van der Waals surface area contributed by atoms with Crippen molar-refractivity contribution in [2.75, 3.05) is 13.7 Å². The average molecular weight is 823 g/mol. The van der Waals surface area contributed by atoms with Crippen molar-refractivity contribution in [3.8, 4) is 40.2 Å². The average Bonchev–Trinajstić information content (AvgIpc) is 3.17. The van der Waals surface area contributed by atoms with Gasteiger partial charge < -0.3 is 39.7 Å². The van der Waals surface area contributed by atoms with Gasteiger partial charge in [-0.1, -0.05) is 100 Å². The van der Waals surface area contributed by atoms with E-state index in [1.165, 1.54) is 56.9 Å². The summed E-state index contributed by atoms with van der Waals surface area (Å²) in [5, 5.41) is 47.3. The maximum Gasteiger partial charge on any atom is 0.338 e. The maximum atomic E-state index is 11.3. The van der Waals surface area contributed by atoms with E-state index in [9.17, 15) is 15.0 Å². The molecule has 5 N–H and O–H groups in total. The molecule has 1 aliphatic heterocycles. The van der Waals surface area contributed by atoms with Gasteiger partial charge in [-0.15, -0.1) is 0 Å². The molecular weight excluding hydrogens is 745 g/mol. The van der Waals surface area contributed by atoms with Crippen LogP contribution in [-0.4, -0.2) is 50.8 Å². The fraction of sp³-hybridized carbons (Fsp3) is 0.620. The van der Waals surface area contributed by atoms with E-state index in [0.29, 0.717) is 17.9 Å². The Morgan fingerprint density at radius 3 is 1.86 bits per heavy atom. The lowest BCUT2D eigenvalue weighted by atomic mass is 9.84. The number of benzene rings is 3. The lowest BCUT2D eigenvalue weighted by molar-refractivity contribution is 0.0501. The van der Waals surface area contributed by atoms with Gasteiger partial charge in [0.25, 0.3) is 0 Å². The number of phenolic OH excluding ortho intramolecular Hbond substituents is 5. The predicted octanol–water partition coefficient (Wildman–Crippen LogP) is 12.9. The molecule has 1 heterocycles. The minimum atomic E-state index is -0.651. The number of esters is 1. The Hall–Kier alpha value is -4.27. The summed E-state index contributed by atoms with van der Waals surface area (Å²) in [5.74, 6) is 2.73. The zero-order chi connectivity index (χ0) is 44.7. The highest BCUT2D eigenvalue weighted by Crippen LogP contribution is 2.44. The molecule has 9 heteroatoms. The Labute approximate surface area is 356 Å². The minimum absolute atomic E-state index is 0.00347. The molecular formula is C50H78O9. The molecule has 332 valence electrons. The molecule has 3 aromatic rings. The Kier molecular flexibility index (Phi) is 20.3. The summed E-state index contributed by atoms with van der Waals surface area (Å²) in [4.78, 5) is 11.3. The molecule has 1 aliphatic rings. The SMILES string of the molecule is CCCOC(=O)c1cc(O)c(O)c(O)c1.COc1ccc(O)c(C(C)(C)C)c1.Cc1c(C)c2c(c(C)c1O)CC[C@@](C)(CCC[C@H](C)CCC[C@H](C)CCCC(C)C)O2. The summed E-state index contributed by atoms with van der Waals surface area (Å²) in [6.45, 7) is 26.2. The van der Waals surface area contributed by atoms with E-state index in [1.807, 2.05) is 26.8 Å². The molecule has 0 aliphatic carbocycles. The number of hydrogen-bond acceptors (Lipinski definition) is 9. The molecule has 3 atom stereocenters. The van der Waals surface area contributed by atoms with Crippen LogP contribution in [0.2, 0.25) is 0 Å². The molecule has 59 heavy (non-hydrogen) atoms. The molecule has 0 saturated heterocycles. The van der Waals surface area contributed by atoms with Gasteiger partial charge in [-0.2, -0.15) is 0 Å². The van der Waals surface area contributed by atoms with Crippen LogP contribution >= 0.6 is 0 Å². The van der Waals surface area contributed by atoms with Gasteiger partial charge in [0.1, 0.15) is 28.6 Å². The Morgan fingerprint density at radius 2 is 1.34 bits per heavy atom. The van der Waals surface area contributed by atoms with Crippen molar-refractivity contribution < 1.29 is 44.5 Å². The van der Waals surface area contributed by atoms with E-state index in [2.05, 4.69) is 62.3 Å². The van der Waals surface area contributed by atoms with Crippen LogP contribution in [0.25, 0.3) is 0 Å². The van der Waals surface area contributed by atoms with Gasteiger partial charge in [-0.3, -0.25) is 0 Å². The van der Waals surface area contributed by atoms with Crippen molar-refractivity contribution in [3.63, 3.8) is 0 Å². The van der Waals surface area contributed by atoms with Gasteiger partial charge in [-0.05, 0) is 130 Å². The number of carbonyl (C=O) groups excluding carboxylic acids is 1. The van der Waals surface area contributed by atoms with Crippen LogP contribution in [0, 0.1) is 38.5 Å².